The zero-order valence-corrected chi connectivity index (χ0v) is 9.14. The standard InChI is InChI=1S/C11H12N4O/c1-8-9(2)14-16-11(8)13-15-12-10-6-4-3-5-7-10/h3-7H,1-2H3,(H,12,13). The average molecular weight is 216 g/mol. The number of rotatable bonds is 3. The highest BCUT2D eigenvalue weighted by Gasteiger charge is 2.06. The molecule has 1 aromatic heterocycles. The minimum atomic E-state index is 0.431. The Morgan fingerprint density at radius 1 is 1.19 bits per heavy atom. The molecular formula is C11H12N4O. The van der Waals surface area contributed by atoms with Crippen molar-refractivity contribution in [2.75, 3.05) is 5.43 Å². The number of hydrogen-bond acceptors (Lipinski definition) is 4. The quantitative estimate of drug-likeness (QED) is 0.631. The third-order valence-corrected chi connectivity index (χ3v) is 2.23. The first-order valence-corrected chi connectivity index (χ1v) is 4.92. The van der Waals surface area contributed by atoms with Crippen LogP contribution in [-0.4, -0.2) is 5.16 Å². The van der Waals surface area contributed by atoms with E-state index in [1.807, 2.05) is 44.2 Å². The van der Waals surface area contributed by atoms with Crippen LogP contribution < -0.4 is 5.43 Å². The lowest BCUT2D eigenvalue weighted by Gasteiger charge is -1.95. The monoisotopic (exact) mass is 216 g/mol. The molecule has 0 bridgehead atoms. The van der Waals surface area contributed by atoms with E-state index in [2.05, 4.69) is 20.9 Å². The van der Waals surface area contributed by atoms with Crippen LogP contribution in [0.25, 0.3) is 0 Å². The van der Waals surface area contributed by atoms with Crippen LogP contribution in [0.5, 0.6) is 0 Å². The maximum absolute atomic E-state index is 4.98. The van der Waals surface area contributed by atoms with Gasteiger partial charge < -0.3 is 4.52 Å². The van der Waals surface area contributed by atoms with E-state index in [1.165, 1.54) is 0 Å². The van der Waals surface area contributed by atoms with Crippen LogP contribution in [0.1, 0.15) is 11.3 Å². The number of benzene rings is 1. The topological polar surface area (TPSA) is 62.8 Å². The first-order chi connectivity index (χ1) is 7.77. The zero-order valence-electron chi connectivity index (χ0n) is 9.14. The summed E-state index contributed by atoms with van der Waals surface area (Å²) in [5.41, 5.74) is 5.40. The molecule has 82 valence electrons. The molecule has 0 radical (unpaired) electrons. The van der Waals surface area contributed by atoms with Crippen LogP contribution >= 0.6 is 0 Å². The lowest BCUT2D eigenvalue weighted by Crippen LogP contribution is -1.84. The van der Waals surface area contributed by atoms with E-state index in [1.54, 1.807) is 0 Å². The second-order valence-electron chi connectivity index (χ2n) is 3.38. The van der Waals surface area contributed by atoms with Crippen molar-refractivity contribution in [2.45, 2.75) is 13.8 Å². The van der Waals surface area contributed by atoms with Gasteiger partial charge >= 0.3 is 0 Å². The Morgan fingerprint density at radius 3 is 2.56 bits per heavy atom. The van der Waals surface area contributed by atoms with Gasteiger partial charge in [0.1, 0.15) is 0 Å². The number of aromatic nitrogens is 1. The van der Waals surface area contributed by atoms with Gasteiger partial charge in [-0.2, -0.15) is 0 Å². The van der Waals surface area contributed by atoms with E-state index in [-0.39, 0.29) is 0 Å². The Hall–Kier alpha value is -2.17. The first-order valence-electron chi connectivity index (χ1n) is 4.92. The first kappa shape index (κ1) is 10.4. The smallest absolute Gasteiger partial charge is 0.274 e. The molecule has 0 aliphatic rings. The highest BCUT2D eigenvalue weighted by molar-refractivity contribution is 5.41. The van der Waals surface area contributed by atoms with Crippen LogP contribution in [-0.2, 0) is 0 Å². The largest absolute Gasteiger partial charge is 0.334 e. The van der Waals surface area contributed by atoms with E-state index < -0.39 is 0 Å². The van der Waals surface area contributed by atoms with Gasteiger partial charge in [0.05, 0.1) is 11.4 Å². The van der Waals surface area contributed by atoms with Crippen LogP contribution in [0.3, 0.4) is 0 Å². The van der Waals surface area contributed by atoms with E-state index in [4.69, 9.17) is 4.52 Å². The van der Waals surface area contributed by atoms with Crippen LogP contribution in [0.4, 0.5) is 11.6 Å². The predicted octanol–water partition coefficient (Wildman–Crippen LogP) is 3.40. The molecule has 0 spiro atoms. The molecule has 0 aliphatic carbocycles. The fourth-order valence-corrected chi connectivity index (χ4v) is 1.14. The SMILES string of the molecule is Cc1noc(N=NNc2ccccc2)c1C. The predicted molar refractivity (Wildman–Crippen MR) is 60.6 cm³/mol. The molecule has 2 rings (SSSR count). The zero-order chi connectivity index (χ0) is 11.4. The number of nitrogens with zero attached hydrogens (tertiary/aromatic N) is 3. The van der Waals surface area contributed by atoms with Crippen molar-refractivity contribution in [2.24, 2.45) is 10.3 Å². The van der Waals surface area contributed by atoms with Crippen molar-refractivity contribution in [1.29, 1.82) is 0 Å². The van der Waals surface area contributed by atoms with Gasteiger partial charge in [-0.15, -0.1) is 0 Å². The second-order valence-corrected chi connectivity index (χ2v) is 3.38. The second kappa shape index (κ2) is 4.57. The fourth-order valence-electron chi connectivity index (χ4n) is 1.14. The molecule has 0 atom stereocenters. The van der Waals surface area contributed by atoms with E-state index >= 15 is 0 Å². The number of para-hydroxylation sites is 1. The summed E-state index contributed by atoms with van der Waals surface area (Å²) >= 11 is 0. The van der Waals surface area contributed by atoms with Crippen molar-refractivity contribution in [3.63, 3.8) is 0 Å². The Balaban J connectivity index is 2.03. The van der Waals surface area contributed by atoms with Gasteiger partial charge in [-0.25, -0.2) is 0 Å². The summed E-state index contributed by atoms with van der Waals surface area (Å²) < 4.78 is 4.98. The van der Waals surface area contributed by atoms with Gasteiger partial charge in [-0.1, -0.05) is 33.7 Å². The molecule has 2 aromatic rings. The molecular weight excluding hydrogens is 204 g/mol. The van der Waals surface area contributed by atoms with Gasteiger partial charge in [0.15, 0.2) is 0 Å². The molecule has 0 amide bonds. The van der Waals surface area contributed by atoms with Gasteiger partial charge in [0, 0.05) is 5.56 Å². The van der Waals surface area contributed by atoms with E-state index in [0.29, 0.717) is 5.88 Å². The average Bonchev–Trinajstić information content (AvgIpc) is 2.62. The lowest BCUT2D eigenvalue weighted by molar-refractivity contribution is 0.422. The number of aryl methyl sites for hydroxylation is 1. The molecule has 5 nitrogen and oxygen atoms in total. The van der Waals surface area contributed by atoms with E-state index in [9.17, 15) is 0 Å². The van der Waals surface area contributed by atoms with Crippen molar-refractivity contribution < 1.29 is 4.52 Å². The molecule has 1 aromatic carbocycles. The summed E-state index contributed by atoms with van der Waals surface area (Å²) in [6.45, 7) is 3.76. The molecule has 16 heavy (non-hydrogen) atoms. The van der Waals surface area contributed by atoms with Gasteiger partial charge in [-0.05, 0) is 26.0 Å². The van der Waals surface area contributed by atoms with Crippen LogP contribution in [0, 0.1) is 13.8 Å². The summed E-state index contributed by atoms with van der Waals surface area (Å²) in [5.74, 6) is 0.431. The molecule has 0 fully saturated rings. The Bertz CT molecular complexity index is 490. The molecule has 1 N–H and O–H groups in total. The molecule has 0 saturated heterocycles. The highest BCUT2D eigenvalue weighted by Crippen LogP contribution is 2.21. The molecule has 0 aliphatic heterocycles. The minimum Gasteiger partial charge on any atom is -0.334 e. The Kier molecular flexibility index (Phi) is 2.95. The van der Waals surface area contributed by atoms with E-state index in [0.717, 1.165) is 16.9 Å². The summed E-state index contributed by atoms with van der Waals surface area (Å²) in [4.78, 5) is 0. The van der Waals surface area contributed by atoms with Gasteiger partial charge in [0.2, 0.25) is 0 Å². The van der Waals surface area contributed by atoms with Crippen molar-refractivity contribution in [1.82, 2.24) is 5.16 Å². The van der Waals surface area contributed by atoms with Crippen molar-refractivity contribution >= 4 is 11.6 Å². The van der Waals surface area contributed by atoms with Crippen LogP contribution in [0.15, 0.2) is 45.2 Å². The highest BCUT2D eigenvalue weighted by atomic mass is 16.5. The minimum absolute atomic E-state index is 0.431. The summed E-state index contributed by atoms with van der Waals surface area (Å²) in [6, 6.07) is 9.57. The van der Waals surface area contributed by atoms with Crippen molar-refractivity contribution in [3.05, 3.63) is 41.6 Å². The molecule has 0 unspecified atom stereocenters. The maximum atomic E-state index is 4.98. The molecule has 0 saturated carbocycles. The normalized spacial score (nSPS) is 10.9. The Morgan fingerprint density at radius 2 is 1.94 bits per heavy atom. The molecule has 5 heteroatoms. The summed E-state index contributed by atoms with van der Waals surface area (Å²) in [7, 11) is 0. The van der Waals surface area contributed by atoms with Gasteiger partial charge in [-0.3, -0.25) is 5.43 Å². The maximum Gasteiger partial charge on any atom is 0.274 e. The summed E-state index contributed by atoms with van der Waals surface area (Å²) in [6.07, 6.45) is 0. The number of nitrogens with one attached hydrogen (secondary N) is 1. The Labute approximate surface area is 93.2 Å². The fraction of sp³-hybridized carbons (Fsp3) is 0.182. The third-order valence-electron chi connectivity index (χ3n) is 2.23. The number of anilines is 1. The molecule has 1 heterocycles. The number of hydrogen-bond donors (Lipinski definition) is 1. The third kappa shape index (κ3) is 2.25. The van der Waals surface area contributed by atoms with Gasteiger partial charge in [0.25, 0.3) is 5.88 Å². The summed E-state index contributed by atoms with van der Waals surface area (Å²) in [5, 5.41) is 11.5. The van der Waals surface area contributed by atoms with Crippen LogP contribution in [0.2, 0.25) is 0 Å². The van der Waals surface area contributed by atoms with Crippen molar-refractivity contribution in [3.8, 4) is 0 Å². The lowest BCUT2D eigenvalue weighted by atomic mass is 10.3.